The number of hydrogen-bond acceptors (Lipinski definition) is 0. The van der Waals surface area contributed by atoms with Crippen LogP contribution in [0.5, 0.6) is 0 Å². The summed E-state index contributed by atoms with van der Waals surface area (Å²) >= 11 is 0. The summed E-state index contributed by atoms with van der Waals surface area (Å²) in [6, 6.07) is 21.7. The zero-order valence-corrected chi connectivity index (χ0v) is 21.5. The first-order valence-corrected chi connectivity index (χ1v) is 8.70. The third kappa shape index (κ3) is 4.90. The van der Waals surface area contributed by atoms with Crippen LogP contribution in [-0.4, -0.2) is 4.57 Å². The molecule has 1 nitrogen and oxygen atoms in total. The molecular weight excluding hydrogens is 553 g/mol. The van der Waals surface area contributed by atoms with Gasteiger partial charge in [0.05, 0.1) is 5.52 Å². The molecule has 0 spiro atoms. The first kappa shape index (κ1) is 25.0. The molecule has 5 rings (SSSR count). The zero-order chi connectivity index (χ0) is 17.2. The number of aromatic nitrogens is 1. The van der Waals surface area contributed by atoms with E-state index in [9.17, 15) is 0 Å². The van der Waals surface area contributed by atoms with Crippen molar-refractivity contribution in [3.63, 3.8) is 0 Å². The molecule has 0 unspecified atom stereocenters. The van der Waals surface area contributed by atoms with E-state index in [0.717, 1.165) is 6.42 Å². The maximum atomic E-state index is 2.99. The van der Waals surface area contributed by atoms with Gasteiger partial charge in [-0.05, 0) is 31.2 Å². The van der Waals surface area contributed by atoms with Crippen LogP contribution in [-0.2, 0) is 26.2 Å². The number of halogens is 2. The number of hydrogen-bond donors (Lipinski definition) is 0. The Balaban J connectivity index is 0.000000433. The van der Waals surface area contributed by atoms with E-state index in [0.29, 0.717) is 0 Å². The van der Waals surface area contributed by atoms with Crippen LogP contribution in [0, 0.1) is 19.9 Å². The number of para-hydroxylation sites is 1. The Kier molecular flexibility index (Phi) is 9.97. The zero-order valence-electron chi connectivity index (χ0n) is 15.9. The van der Waals surface area contributed by atoms with Crippen LogP contribution in [0.15, 0.2) is 78.9 Å². The van der Waals surface area contributed by atoms with Gasteiger partial charge < -0.3 is 38.5 Å². The van der Waals surface area contributed by atoms with Crippen molar-refractivity contribution in [1.29, 1.82) is 0 Å². The first-order chi connectivity index (χ1) is 12.3. The maximum Gasteiger partial charge on any atom is 4.00 e. The van der Waals surface area contributed by atoms with Gasteiger partial charge >= 0.3 is 26.2 Å². The summed E-state index contributed by atoms with van der Waals surface area (Å²) in [5, 5.41) is 3.95. The van der Waals surface area contributed by atoms with Gasteiger partial charge in [0.1, 0.15) is 0 Å². The summed E-state index contributed by atoms with van der Waals surface area (Å²) in [6.07, 6.45) is 10.0. The molecular formula is C24H21Br2NZr. The monoisotopic (exact) mass is 571 g/mol. The molecule has 1 aliphatic carbocycles. The second kappa shape index (κ2) is 11.2. The molecule has 0 bridgehead atoms. The van der Waals surface area contributed by atoms with Crippen molar-refractivity contribution in [1.82, 2.24) is 4.57 Å². The molecule has 0 radical (unpaired) electrons. The third-order valence-electron chi connectivity index (χ3n) is 4.87. The van der Waals surface area contributed by atoms with Gasteiger partial charge in [-0.3, -0.25) is 6.08 Å². The Morgan fingerprint density at radius 2 is 1.68 bits per heavy atom. The second-order valence-corrected chi connectivity index (χ2v) is 6.41. The summed E-state index contributed by atoms with van der Waals surface area (Å²) in [5.74, 6) is 0. The predicted molar refractivity (Wildman–Crippen MR) is 107 cm³/mol. The van der Waals surface area contributed by atoms with Gasteiger partial charge in [0.2, 0.25) is 0 Å². The van der Waals surface area contributed by atoms with Crippen molar-refractivity contribution in [2.24, 2.45) is 0 Å². The molecule has 0 fully saturated rings. The number of nitrogens with zero attached hydrogens (tertiary/aromatic N) is 1. The fraction of sp³-hybridized carbons (Fsp3) is 0.125. The third-order valence-corrected chi connectivity index (χ3v) is 4.87. The van der Waals surface area contributed by atoms with Crippen molar-refractivity contribution in [2.75, 3.05) is 0 Å². The summed E-state index contributed by atoms with van der Waals surface area (Å²) < 4.78 is 2.37. The minimum Gasteiger partial charge on any atom is -1.00 e. The molecule has 0 saturated carbocycles. The fourth-order valence-electron chi connectivity index (χ4n) is 3.47. The Hall–Kier alpha value is -1.09. The summed E-state index contributed by atoms with van der Waals surface area (Å²) in [6.45, 7) is 4.41. The van der Waals surface area contributed by atoms with Crippen molar-refractivity contribution < 1.29 is 60.2 Å². The minimum atomic E-state index is 0. The SMILES string of the molecule is Cc1c(C)n(-c2cc3ccccc3[cH-]2)c2ccccc12.[Br-].[Br-].[C-]1=CC=CC1.[Zr+4]. The molecule has 4 heteroatoms. The quantitative estimate of drug-likeness (QED) is 0.291. The Labute approximate surface area is 207 Å². The Bertz CT molecular complexity index is 1060. The molecule has 0 N–H and O–H groups in total. The molecule has 140 valence electrons. The predicted octanol–water partition coefficient (Wildman–Crippen LogP) is 0.431. The molecule has 1 heterocycles. The summed E-state index contributed by atoms with van der Waals surface area (Å²) in [7, 11) is 0. The number of benzene rings is 2. The maximum absolute atomic E-state index is 2.99. The average Bonchev–Trinajstić information content (AvgIpc) is 3.37. The van der Waals surface area contributed by atoms with Crippen molar-refractivity contribution >= 4 is 21.7 Å². The van der Waals surface area contributed by atoms with Gasteiger partial charge in [-0.1, -0.05) is 24.3 Å². The van der Waals surface area contributed by atoms with Gasteiger partial charge in [0, 0.05) is 11.1 Å². The molecule has 0 atom stereocenters. The van der Waals surface area contributed by atoms with Crippen LogP contribution in [0.1, 0.15) is 17.7 Å². The van der Waals surface area contributed by atoms with E-state index in [1.54, 1.807) is 0 Å². The number of fused-ring (bicyclic) bond motifs is 2. The summed E-state index contributed by atoms with van der Waals surface area (Å²) in [5.41, 5.74) is 5.23. The van der Waals surface area contributed by atoms with E-state index in [4.69, 9.17) is 0 Å². The van der Waals surface area contributed by atoms with Gasteiger partial charge in [-0.25, -0.2) is 12.2 Å². The molecule has 28 heavy (non-hydrogen) atoms. The first-order valence-electron chi connectivity index (χ1n) is 8.70. The number of allylic oxidation sites excluding steroid dienone is 4. The summed E-state index contributed by atoms with van der Waals surface area (Å²) in [4.78, 5) is 0. The molecule has 0 saturated heterocycles. The van der Waals surface area contributed by atoms with E-state index < -0.39 is 0 Å². The molecule has 0 aliphatic heterocycles. The van der Waals surface area contributed by atoms with Gasteiger partial charge in [-0.15, -0.1) is 47.5 Å². The minimum absolute atomic E-state index is 0. The standard InChI is InChI=1S/C19H16N.C5H5.2BrH.Zr/c1-13-14(2)20(19-10-6-5-9-18(13)19)17-11-15-7-3-4-8-16(15)12-17;1-2-4-5-3-1;;;/h3-12H,1-2H3;1-3H,4H2;2*1H;/q2*-1;;;+4/p-2. The molecule has 3 aromatic carbocycles. The molecule has 1 aliphatic rings. The van der Waals surface area contributed by atoms with Gasteiger partial charge in [0.25, 0.3) is 0 Å². The van der Waals surface area contributed by atoms with Gasteiger partial charge in [0.15, 0.2) is 0 Å². The van der Waals surface area contributed by atoms with Crippen molar-refractivity contribution in [3.05, 3.63) is 96.2 Å². The van der Waals surface area contributed by atoms with Crippen LogP contribution in [0.4, 0.5) is 0 Å². The topological polar surface area (TPSA) is 4.93 Å². The van der Waals surface area contributed by atoms with Crippen LogP contribution in [0.2, 0.25) is 0 Å². The normalized spacial score (nSPS) is 11.4. The van der Waals surface area contributed by atoms with E-state index >= 15 is 0 Å². The second-order valence-electron chi connectivity index (χ2n) is 6.41. The van der Waals surface area contributed by atoms with E-state index in [2.05, 4.69) is 91.2 Å². The van der Waals surface area contributed by atoms with Crippen molar-refractivity contribution in [2.45, 2.75) is 20.3 Å². The average molecular weight is 574 g/mol. The number of rotatable bonds is 1. The molecule has 1 aromatic heterocycles. The van der Waals surface area contributed by atoms with E-state index in [1.807, 2.05) is 12.2 Å². The van der Waals surface area contributed by atoms with Crippen LogP contribution in [0.3, 0.4) is 0 Å². The van der Waals surface area contributed by atoms with Crippen molar-refractivity contribution in [3.8, 4) is 5.69 Å². The van der Waals surface area contributed by atoms with Crippen LogP contribution in [0.25, 0.3) is 27.4 Å². The Morgan fingerprint density at radius 1 is 0.964 bits per heavy atom. The Morgan fingerprint density at radius 3 is 2.32 bits per heavy atom. The van der Waals surface area contributed by atoms with E-state index in [1.165, 1.54) is 38.6 Å². The van der Waals surface area contributed by atoms with Crippen LogP contribution >= 0.6 is 0 Å². The smallest absolute Gasteiger partial charge is 1.00 e. The van der Waals surface area contributed by atoms with Crippen LogP contribution < -0.4 is 34.0 Å². The largest absolute Gasteiger partial charge is 4.00 e. The van der Waals surface area contributed by atoms with E-state index in [-0.39, 0.29) is 60.2 Å². The number of aryl methyl sites for hydroxylation is 1. The fourth-order valence-corrected chi connectivity index (χ4v) is 3.47. The molecule has 4 aromatic rings. The van der Waals surface area contributed by atoms with Gasteiger partial charge in [-0.2, -0.15) is 6.08 Å². The molecule has 0 amide bonds.